The van der Waals surface area contributed by atoms with Crippen molar-refractivity contribution in [2.75, 3.05) is 24.5 Å². The Bertz CT molecular complexity index is 892. The number of nitrogens with zero attached hydrogens (tertiary/aromatic N) is 1. The zero-order valence-electron chi connectivity index (χ0n) is 23.5. The normalized spacial score (nSPS) is 15.1. The van der Waals surface area contributed by atoms with Gasteiger partial charge in [0.25, 0.3) is 0 Å². The van der Waals surface area contributed by atoms with Gasteiger partial charge < -0.3 is 20.3 Å². The van der Waals surface area contributed by atoms with E-state index in [9.17, 15) is 4.79 Å². The minimum Gasteiger partial charge on any atom is -0.489 e. The molecular weight excluding hydrogens is 458 g/mol. The first-order valence-electron chi connectivity index (χ1n) is 14.5. The van der Waals surface area contributed by atoms with Crippen LogP contribution in [0.3, 0.4) is 0 Å². The van der Waals surface area contributed by atoms with Gasteiger partial charge in [-0.05, 0) is 67.3 Å². The minimum atomic E-state index is -0.103. The van der Waals surface area contributed by atoms with E-state index in [0.29, 0.717) is 31.0 Å². The average Bonchev–Trinajstić information content (AvgIpc) is 2.90. The predicted octanol–water partition coefficient (Wildman–Crippen LogP) is 6.57. The summed E-state index contributed by atoms with van der Waals surface area (Å²) in [7, 11) is 0. The Balaban J connectivity index is 1.54. The lowest BCUT2D eigenvalue weighted by molar-refractivity contribution is -0.123. The van der Waals surface area contributed by atoms with Gasteiger partial charge in [0.2, 0.25) is 5.91 Å². The maximum atomic E-state index is 13.2. The summed E-state index contributed by atoms with van der Waals surface area (Å²) in [4.78, 5) is 15.5. The molecule has 0 aromatic heterocycles. The third kappa shape index (κ3) is 10.8. The molecule has 2 N–H and O–H groups in total. The van der Waals surface area contributed by atoms with Crippen molar-refractivity contribution in [3.63, 3.8) is 0 Å². The number of carbonyl (C=O) groups excluding carboxylic acids is 1. The van der Waals surface area contributed by atoms with Crippen molar-refractivity contribution in [1.82, 2.24) is 10.6 Å². The highest BCUT2D eigenvalue weighted by molar-refractivity contribution is 5.81. The van der Waals surface area contributed by atoms with E-state index in [1.807, 2.05) is 30.3 Å². The van der Waals surface area contributed by atoms with Crippen LogP contribution in [0.2, 0.25) is 0 Å². The van der Waals surface area contributed by atoms with Crippen molar-refractivity contribution < 1.29 is 9.53 Å². The lowest BCUT2D eigenvalue weighted by Gasteiger charge is -2.30. The second-order valence-electron chi connectivity index (χ2n) is 11.4. The molecular formula is C32H49N3O2. The van der Waals surface area contributed by atoms with Crippen molar-refractivity contribution in [2.24, 2.45) is 11.8 Å². The highest BCUT2D eigenvalue weighted by atomic mass is 16.5. The van der Waals surface area contributed by atoms with Gasteiger partial charge in [-0.2, -0.15) is 0 Å². The molecule has 0 spiro atoms. The van der Waals surface area contributed by atoms with Crippen LogP contribution in [0.25, 0.3) is 0 Å². The number of hydrogen-bond acceptors (Lipinski definition) is 4. The summed E-state index contributed by atoms with van der Waals surface area (Å²) in [6, 6.07) is 19.0. The Labute approximate surface area is 225 Å². The molecule has 2 aromatic carbocycles. The van der Waals surface area contributed by atoms with Crippen LogP contribution in [0, 0.1) is 11.8 Å². The minimum absolute atomic E-state index is 0.103. The standard InChI is InChI=1S/C32H49N3O2/c1-25(2)19-21-35(29-15-17-30(18-16-29)37-24-27-11-7-5-8-12-27)22-20-33-32(36)31(23-26(3)4)34-28-13-9-6-10-14-28/h5,7-8,11-12,15-18,25-26,28,31,34H,6,9-10,13-14,19-24H2,1-4H3,(H,33,36). The molecule has 1 atom stereocenters. The van der Waals surface area contributed by atoms with E-state index in [1.165, 1.54) is 37.8 Å². The zero-order valence-corrected chi connectivity index (χ0v) is 23.5. The Morgan fingerprint density at radius 1 is 0.919 bits per heavy atom. The summed E-state index contributed by atoms with van der Waals surface area (Å²) >= 11 is 0. The maximum absolute atomic E-state index is 13.2. The monoisotopic (exact) mass is 507 g/mol. The Morgan fingerprint density at radius 3 is 2.27 bits per heavy atom. The van der Waals surface area contributed by atoms with Gasteiger partial charge in [0.1, 0.15) is 12.4 Å². The van der Waals surface area contributed by atoms with E-state index in [2.05, 4.69) is 67.5 Å². The lowest BCUT2D eigenvalue weighted by atomic mass is 9.93. The second kappa shape index (κ2) is 15.7. The molecule has 5 nitrogen and oxygen atoms in total. The van der Waals surface area contributed by atoms with Gasteiger partial charge in [-0.25, -0.2) is 0 Å². The summed E-state index contributed by atoms with van der Waals surface area (Å²) in [5.74, 6) is 2.13. The fourth-order valence-electron chi connectivity index (χ4n) is 4.99. The Hall–Kier alpha value is -2.53. The summed E-state index contributed by atoms with van der Waals surface area (Å²) in [5, 5.41) is 6.94. The number of ether oxygens (including phenoxy) is 1. The first-order chi connectivity index (χ1) is 17.9. The van der Waals surface area contributed by atoms with Crippen LogP contribution in [-0.4, -0.2) is 37.6 Å². The maximum Gasteiger partial charge on any atom is 0.237 e. The van der Waals surface area contributed by atoms with Crippen LogP contribution in [0.15, 0.2) is 54.6 Å². The Morgan fingerprint density at radius 2 is 1.62 bits per heavy atom. The quantitative estimate of drug-likeness (QED) is 0.286. The van der Waals surface area contributed by atoms with E-state index >= 15 is 0 Å². The van der Waals surface area contributed by atoms with Crippen LogP contribution in [0.5, 0.6) is 5.75 Å². The van der Waals surface area contributed by atoms with Crippen LogP contribution < -0.4 is 20.3 Å². The fourth-order valence-corrected chi connectivity index (χ4v) is 4.99. The van der Waals surface area contributed by atoms with E-state index < -0.39 is 0 Å². The highest BCUT2D eigenvalue weighted by Gasteiger charge is 2.24. The second-order valence-corrected chi connectivity index (χ2v) is 11.4. The fraction of sp³-hybridized carbons (Fsp3) is 0.594. The summed E-state index contributed by atoms with van der Waals surface area (Å²) in [6.07, 6.45) is 8.24. The Kier molecular flexibility index (Phi) is 12.3. The average molecular weight is 508 g/mol. The molecule has 1 aliphatic rings. The van der Waals surface area contributed by atoms with Gasteiger partial charge in [0.15, 0.2) is 0 Å². The summed E-state index contributed by atoms with van der Waals surface area (Å²) < 4.78 is 5.98. The van der Waals surface area contributed by atoms with Crippen LogP contribution in [-0.2, 0) is 11.4 Å². The molecule has 1 saturated carbocycles. The molecule has 37 heavy (non-hydrogen) atoms. The van der Waals surface area contributed by atoms with E-state index in [1.54, 1.807) is 0 Å². The van der Waals surface area contributed by atoms with Crippen molar-refractivity contribution in [3.8, 4) is 5.75 Å². The molecule has 204 valence electrons. The van der Waals surface area contributed by atoms with E-state index in [0.717, 1.165) is 37.2 Å². The van der Waals surface area contributed by atoms with Crippen molar-refractivity contribution in [1.29, 1.82) is 0 Å². The molecule has 0 heterocycles. The van der Waals surface area contributed by atoms with Crippen molar-refractivity contribution in [2.45, 2.75) is 91.3 Å². The topological polar surface area (TPSA) is 53.6 Å². The molecule has 0 radical (unpaired) electrons. The van der Waals surface area contributed by atoms with Gasteiger partial charge in [-0.3, -0.25) is 4.79 Å². The van der Waals surface area contributed by atoms with Crippen molar-refractivity contribution in [3.05, 3.63) is 60.2 Å². The molecule has 0 saturated heterocycles. The molecule has 3 rings (SSSR count). The molecule has 5 heteroatoms. The van der Waals surface area contributed by atoms with Gasteiger partial charge in [-0.1, -0.05) is 77.3 Å². The SMILES string of the molecule is CC(C)CCN(CCNC(=O)C(CC(C)C)NC1CCCCC1)c1ccc(OCc2ccccc2)cc1. The van der Waals surface area contributed by atoms with Crippen LogP contribution >= 0.6 is 0 Å². The van der Waals surface area contributed by atoms with Crippen LogP contribution in [0.1, 0.15) is 78.2 Å². The lowest BCUT2D eigenvalue weighted by Crippen LogP contribution is -2.50. The third-order valence-corrected chi connectivity index (χ3v) is 7.17. The summed E-state index contributed by atoms with van der Waals surface area (Å²) in [6.45, 7) is 11.9. The molecule has 2 aromatic rings. The first kappa shape index (κ1) is 29.0. The number of benzene rings is 2. The van der Waals surface area contributed by atoms with Gasteiger partial charge in [-0.15, -0.1) is 0 Å². The number of anilines is 1. The predicted molar refractivity (Wildman–Crippen MR) is 155 cm³/mol. The molecule has 0 bridgehead atoms. The first-order valence-corrected chi connectivity index (χ1v) is 14.5. The van der Waals surface area contributed by atoms with Gasteiger partial charge in [0, 0.05) is 31.4 Å². The molecule has 1 aliphatic carbocycles. The molecule has 1 fully saturated rings. The molecule has 1 unspecified atom stereocenters. The molecule has 0 aliphatic heterocycles. The van der Waals surface area contributed by atoms with Gasteiger partial charge >= 0.3 is 0 Å². The van der Waals surface area contributed by atoms with Crippen LogP contribution in [0.4, 0.5) is 5.69 Å². The number of amides is 1. The summed E-state index contributed by atoms with van der Waals surface area (Å²) in [5.41, 5.74) is 2.33. The van der Waals surface area contributed by atoms with Gasteiger partial charge in [0.05, 0.1) is 6.04 Å². The largest absolute Gasteiger partial charge is 0.489 e. The molecule has 1 amide bonds. The number of hydrogen-bond donors (Lipinski definition) is 2. The number of carbonyl (C=O) groups is 1. The van der Waals surface area contributed by atoms with E-state index in [-0.39, 0.29) is 11.9 Å². The zero-order chi connectivity index (χ0) is 26.5. The van der Waals surface area contributed by atoms with E-state index in [4.69, 9.17) is 4.74 Å². The smallest absolute Gasteiger partial charge is 0.237 e. The van der Waals surface area contributed by atoms with Crippen molar-refractivity contribution >= 4 is 11.6 Å². The number of nitrogens with one attached hydrogen (secondary N) is 2. The number of rotatable bonds is 15. The third-order valence-electron chi connectivity index (χ3n) is 7.17. The highest BCUT2D eigenvalue weighted by Crippen LogP contribution is 2.22.